The van der Waals surface area contributed by atoms with Crippen molar-refractivity contribution in [3.8, 4) is 0 Å². The Morgan fingerprint density at radius 2 is 1.58 bits per heavy atom. The highest BCUT2D eigenvalue weighted by Gasteiger charge is 2.26. The van der Waals surface area contributed by atoms with E-state index in [1.54, 1.807) is 18.2 Å². The lowest BCUT2D eigenvalue weighted by molar-refractivity contribution is -0.123. The van der Waals surface area contributed by atoms with Crippen molar-refractivity contribution in [3.63, 3.8) is 0 Å². The van der Waals surface area contributed by atoms with Crippen LogP contribution < -0.4 is 5.32 Å². The molecule has 9 heteroatoms. The largest absolute Gasteiger partial charge is 0.449 e. The molecular weight excluding hydrogens is 444 g/mol. The van der Waals surface area contributed by atoms with Crippen molar-refractivity contribution in [2.75, 3.05) is 18.4 Å². The van der Waals surface area contributed by atoms with Gasteiger partial charge in [-0.2, -0.15) is 4.31 Å². The van der Waals surface area contributed by atoms with E-state index in [1.807, 2.05) is 0 Å². The summed E-state index contributed by atoms with van der Waals surface area (Å²) in [4.78, 5) is 36.5. The minimum Gasteiger partial charge on any atom is -0.449 e. The molecule has 0 aliphatic carbocycles. The normalized spacial score (nSPS) is 15.8. The smallest absolute Gasteiger partial charge is 0.338 e. The van der Waals surface area contributed by atoms with Crippen LogP contribution in [0.4, 0.5) is 5.69 Å². The van der Waals surface area contributed by atoms with E-state index in [0.717, 1.165) is 25.7 Å². The van der Waals surface area contributed by atoms with E-state index in [2.05, 4.69) is 5.32 Å². The average Bonchev–Trinajstić information content (AvgIpc) is 3.09. The van der Waals surface area contributed by atoms with Crippen LogP contribution in [0.1, 0.15) is 60.2 Å². The third kappa shape index (κ3) is 6.27. The molecule has 33 heavy (non-hydrogen) atoms. The Bertz CT molecular complexity index is 1120. The predicted molar refractivity (Wildman–Crippen MR) is 124 cm³/mol. The number of benzene rings is 2. The van der Waals surface area contributed by atoms with Gasteiger partial charge in [0.2, 0.25) is 10.0 Å². The van der Waals surface area contributed by atoms with Crippen molar-refractivity contribution >= 4 is 33.4 Å². The molecule has 1 aliphatic heterocycles. The number of carbonyl (C=O) groups is 3. The number of ether oxygens (including phenoxy) is 1. The Balaban J connectivity index is 1.62. The summed E-state index contributed by atoms with van der Waals surface area (Å²) in [5, 5.41) is 2.61. The van der Waals surface area contributed by atoms with Crippen LogP contribution in [0.5, 0.6) is 0 Å². The van der Waals surface area contributed by atoms with Crippen LogP contribution in [0.3, 0.4) is 0 Å². The fourth-order valence-corrected chi connectivity index (χ4v) is 5.05. The highest BCUT2D eigenvalue weighted by atomic mass is 32.2. The van der Waals surface area contributed by atoms with Crippen LogP contribution in [0, 0.1) is 0 Å². The molecule has 1 unspecified atom stereocenters. The van der Waals surface area contributed by atoms with Gasteiger partial charge in [0, 0.05) is 24.3 Å². The first-order chi connectivity index (χ1) is 15.7. The van der Waals surface area contributed by atoms with Crippen LogP contribution in [-0.4, -0.2) is 49.6 Å². The van der Waals surface area contributed by atoms with E-state index < -0.39 is 28.0 Å². The maximum Gasteiger partial charge on any atom is 0.338 e. The number of nitrogens with one attached hydrogen (secondary N) is 1. The number of hydrogen-bond donors (Lipinski definition) is 1. The van der Waals surface area contributed by atoms with E-state index in [1.165, 1.54) is 48.5 Å². The van der Waals surface area contributed by atoms with Crippen molar-refractivity contribution in [1.82, 2.24) is 4.31 Å². The molecule has 1 aliphatic rings. The number of rotatable bonds is 7. The molecule has 0 bridgehead atoms. The number of amides is 1. The first-order valence-electron chi connectivity index (χ1n) is 10.9. The van der Waals surface area contributed by atoms with E-state index in [-0.39, 0.29) is 16.2 Å². The molecule has 0 aromatic heterocycles. The maximum atomic E-state index is 12.9. The zero-order chi connectivity index (χ0) is 24.0. The molecule has 8 nitrogen and oxygen atoms in total. The van der Waals surface area contributed by atoms with Crippen molar-refractivity contribution in [2.45, 2.75) is 50.5 Å². The van der Waals surface area contributed by atoms with Crippen molar-refractivity contribution in [1.29, 1.82) is 0 Å². The van der Waals surface area contributed by atoms with E-state index in [9.17, 15) is 22.8 Å². The molecule has 3 rings (SSSR count). The molecule has 2 aromatic rings. The second kappa shape index (κ2) is 10.7. The fraction of sp³-hybridized carbons (Fsp3) is 0.375. The Labute approximate surface area is 194 Å². The summed E-state index contributed by atoms with van der Waals surface area (Å²) < 4.78 is 32.4. The average molecular weight is 473 g/mol. The second-order valence-corrected chi connectivity index (χ2v) is 9.95. The van der Waals surface area contributed by atoms with Crippen LogP contribution in [0.25, 0.3) is 0 Å². The molecule has 2 aromatic carbocycles. The SMILES string of the molecule is CC(=O)c1cccc(NC(=O)C(C)OC(=O)c2ccc(S(=O)(=O)N3CCCCCC3)cc2)c1. The van der Waals surface area contributed by atoms with Crippen LogP contribution in [0.2, 0.25) is 0 Å². The van der Waals surface area contributed by atoms with Crippen LogP contribution in [-0.2, 0) is 19.6 Å². The number of esters is 1. The number of Topliss-reactive ketones (excluding diaryl/α,β-unsaturated/α-hetero) is 1. The lowest BCUT2D eigenvalue weighted by Crippen LogP contribution is -2.32. The summed E-state index contributed by atoms with van der Waals surface area (Å²) in [6.07, 6.45) is 2.61. The Morgan fingerprint density at radius 3 is 2.18 bits per heavy atom. The van der Waals surface area contributed by atoms with Crippen molar-refractivity contribution in [2.24, 2.45) is 0 Å². The number of anilines is 1. The summed E-state index contributed by atoms with van der Waals surface area (Å²) in [7, 11) is -3.62. The Kier molecular flexibility index (Phi) is 7.99. The molecule has 1 fully saturated rings. The minimum absolute atomic E-state index is 0.122. The van der Waals surface area contributed by atoms with Gasteiger partial charge in [-0.1, -0.05) is 25.0 Å². The lowest BCUT2D eigenvalue weighted by Gasteiger charge is -2.20. The molecule has 1 heterocycles. The summed E-state index contributed by atoms with van der Waals surface area (Å²) >= 11 is 0. The Morgan fingerprint density at radius 1 is 0.939 bits per heavy atom. The standard InChI is InChI=1S/C24H28N2O6S/c1-17(27)20-8-7-9-21(16-20)25-23(28)18(2)32-24(29)19-10-12-22(13-11-19)33(30,31)26-14-5-3-4-6-15-26/h7-13,16,18H,3-6,14-15H2,1-2H3,(H,25,28). The fourth-order valence-electron chi connectivity index (χ4n) is 3.54. The third-order valence-corrected chi connectivity index (χ3v) is 7.40. The van der Waals surface area contributed by atoms with E-state index >= 15 is 0 Å². The van der Waals surface area contributed by atoms with Gasteiger partial charge in [-0.25, -0.2) is 13.2 Å². The molecule has 1 N–H and O–H groups in total. The predicted octanol–water partition coefficient (Wildman–Crippen LogP) is 3.64. The first-order valence-corrected chi connectivity index (χ1v) is 12.4. The summed E-state index contributed by atoms with van der Waals surface area (Å²) in [5.74, 6) is -1.43. The van der Waals surface area contributed by atoms with E-state index in [4.69, 9.17) is 4.74 Å². The Hall–Kier alpha value is -3.04. The van der Waals surface area contributed by atoms with Crippen LogP contribution in [0.15, 0.2) is 53.4 Å². The monoisotopic (exact) mass is 472 g/mol. The highest BCUT2D eigenvalue weighted by Crippen LogP contribution is 2.21. The van der Waals surface area contributed by atoms with Gasteiger partial charge in [-0.05, 0) is 63.1 Å². The molecule has 0 radical (unpaired) electrons. The number of carbonyl (C=O) groups excluding carboxylic acids is 3. The maximum absolute atomic E-state index is 12.9. The van der Waals surface area contributed by atoms with Gasteiger partial charge in [0.1, 0.15) is 0 Å². The zero-order valence-corrected chi connectivity index (χ0v) is 19.6. The van der Waals surface area contributed by atoms with Gasteiger partial charge < -0.3 is 10.1 Å². The molecular formula is C24H28N2O6S. The lowest BCUT2D eigenvalue weighted by atomic mass is 10.1. The van der Waals surface area contributed by atoms with Gasteiger partial charge in [0.25, 0.3) is 5.91 Å². The van der Waals surface area contributed by atoms with Crippen molar-refractivity contribution < 1.29 is 27.5 Å². The van der Waals surface area contributed by atoms with Gasteiger partial charge in [-0.3, -0.25) is 9.59 Å². The summed E-state index contributed by atoms with van der Waals surface area (Å²) in [5.41, 5.74) is 1.01. The van der Waals surface area contributed by atoms with Gasteiger partial charge >= 0.3 is 5.97 Å². The summed E-state index contributed by atoms with van der Waals surface area (Å²) in [6.45, 7) is 3.85. The molecule has 176 valence electrons. The summed E-state index contributed by atoms with van der Waals surface area (Å²) in [6, 6.07) is 12.0. The minimum atomic E-state index is -3.62. The first kappa shape index (κ1) is 24.6. The highest BCUT2D eigenvalue weighted by molar-refractivity contribution is 7.89. The molecule has 0 spiro atoms. The number of nitrogens with zero attached hydrogens (tertiary/aromatic N) is 1. The zero-order valence-electron chi connectivity index (χ0n) is 18.7. The van der Waals surface area contributed by atoms with Gasteiger partial charge in [-0.15, -0.1) is 0 Å². The number of hydrogen-bond acceptors (Lipinski definition) is 6. The quantitative estimate of drug-likeness (QED) is 0.487. The molecule has 1 amide bonds. The van der Waals surface area contributed by atoms with Gasteiger partial charge in [0.15, 0.2) is 11.9 Å². The third-order valence-electron chi connectivity index (χ3n) is 5.48. The van der Waals surface area contributed by atoms with E-state index in [0.29, 0.717) is 24.3 Å². The van der Waals surface area contributed by atoms with Crippen LogP contribution >= 0.6 is 0 Å². The molecule has 1 atom stereocenters. The molecule has 0 saturated carbocycles. The number of sulfonamides is 1. The topological polar surface area (TPSA) is 110 Å². The van der Waals surface area contributed by atoms with Crippen molar-refractivity contribution in [3.05, 3.63) is 59.7 Å². The second-order valence-electron chi connectivity index (χ2n) is 8.02. The number of ketones is 1. The van der Waals surface area contributed by atoms with Gasteiger partial charge in [0.05, 0.1) is 10.5 Å². The molecule has 1 saturated heterocycles.